The predicted octanol–water partition coefficient (Wildman–Crippen LogP) is 2.32. The number of alkyl halides is 3. The number of ether oxygens (including phenoxy) is 1. The van der Waals surface area contributed by atoms with Crippen molar-refractivity contribution in [3.63, 3.8) is 0 Å². The smallest absolute Gasteiger partial charge is 0.435 e. The number of rotatable bonds is 3. The van der Waals surface area contributed by atoms with Gasteiger partial charge in [0.25, 0.3) is 0 Å². The SMILES string of the molecule is Cn1nc(C(F)(F)F)cc1Oc1ncccc1C(=O)O. The summed E-state index contributed by atoms with van der Waals surface area (Å²) < 4.78 is 43.4. The number of halogens is 3. The number of aryl methyl sites for hydroxylation is 1. The molecule has 0 bridgehead atoms. The predicted molar refractivity (Wildman–Crippen MR) is 59.5 cm³/mol. The fraction of sp³-hybridized carbons (Fsp3) is 0.182. The monoisotopic (exact) mass is 287 g/mol. The molecule has 2 heterocycles. The van der Waals surface area contributed by atoms with Gasteiger partial charge in [-0.1, -0.05) is 0 Å². The van der Waals surface area contributed by atoms with Gasteiger partial charge in [-0.15, -0.1) is 0 Å². The third-order valence-electron chi connectivity index (χ3n) is 2.33. The molecule has 0 unspecified atom stereocenters. The Morgan fingerprint density at radius 3 is 2.70 bits per heavy atom. The third-order valence-corrected chi connectivity index (χ3v) is 2.33. The van der Waals surface area contributed by atoms with Gasteiger partial charge in [-0.2, -0.15) is 18.3 Å². The van der Waals surface area contributed by atoms with Gasteiger partial charge in [-0.3, -0.25) is 0 Å². The van der Waals surface area contributed by atoms with Crippen LogP contribution < -0.4 is 4.74 Å². The Labute approximate surface area is 110 Å². The molecule has 0 radical (unpaired) electrons. The van der Waals surface area contributed by atoms with Crippen molar-refractivity contribution in [2.75, 3.05) is 0 Å². The summed E-state index contributed by atoms with van der Waals surface area (Å²) in [6.07, 6.45) is -3.35. The van der Waals surface area contributed by atoms with Crippen molar-refractivity contribution >= 4 is 5.97 Å². The summed E-state index contributed by atoms with van der Waals surface area (Å²) in [6, 6.07) is 3.27. The number of aromatic carboxylic acids is 1. The standard InChI is InChI=1S/C11H8F3N3O3/c1-17-8(5-7(16-17)11(12,13)14)20-9-6(10(18)19)3-2-4-15-9/h2-5H,1H3,(H,18,19). The van der Waals surface area contributed by atoms with E-state index < -0.39 is 17.8 Å². The van der Waals surface area contributed by atoms with Gasteiger partial charge >= 0.3 is 12.1 Å². The highest BCUT2D eigenvalue weighted by molar-refractivity contribution is 5.90. The van der Waals surface area contributed by atoms with E-state index >= 15 is 0 Å². The van der Waals surface area contributed by atoms with Crippen LogP contribution in [-0.4, -0.2) is 25.8 Å². The summed E-state index contributed by atoms with van der Waals surface area (Å²) in [5, 5.41) is 12.2. The summed E-state index contributed by atoms with van der Waals surface area (Å²) in [6.45, 7) is 0. The topological polar surface area (TPSA) is 77.2 Å². The molecule has 20 heavy (non-hydrogen) atoms. The van der Waals surface area contributed by atoms with Gasteiger partial charge in [0.2, 0.25) is 11.8 Å². The van der Waals surface area contributed by atoms with Crippen molar-refractivity contribution < 1.29 is 27.8 Å². The fourth-order valence-electron chi connectivity index (χ4n) is 1.42. The maximum atomic E-state index is 12.5. The molecule has 0 atom stereocenters. The van der Waals surface area contributed by atoms with Crippen LogP contribution in [0.15, 0.2) is 24.4 Å². The van der Waals surface area contributed by atoms with Crippen molar-refractivity contribution in [1.29, 1.82) is 0 Å². The third kappa shape index (κ3) is 2.71. The first-order chi connectivity index (χ1) is 9.29. The molecule has 2 rings (SSSR count). The molecule has 0 aliphatic carbocycles. The van der Waals surface area contributed by atoms with Gasteiger partial charge in [-0.25, -0.2) is 14.5 Å². The van der Waals surface area contributed by atoms with E-state index in [4.69, 9.17) is 9.84 Å². The van der Waals surface area contributed by atoms with E-state index in [-0.39, 0.29) is 17.3 Å². The molecule has 1 N–H and O–H groups in total. The van der Waals surface area contributed by atoms with Crippen LogP contribution in [0.2, 0.25) is 0 Å². The molecule has 0 aliphatic rings. The molecule has 2 aromatic rings. The Hall–Kier alpha value is -2.58. The van der Waals surface area contributed by atoms with E-state index in [1.165, 1.54) is 25.4 Å². The minimum atomic E-state index is -4.61. The average molecular weight is 287 g/mol. The second-order valence-electron chi connectivity index (χ2n) is 3.75. The number of carboxylic acids is 1. The van der Waals surface area contributed by atoms with Crippen molar-refractivity contribution in [3.05, 3.63) is 35.7 Å². The molecule has 0 saturated heterocycles. The number of carbonyl (C=O) groups is 1. The maximum absolute atomic E-state index is 12.5. The molecule has 0 aliphatic heterocycles. The maximum Gasteiger partial charge on any atom is 0.435 e. The highest BCUT2D eigenvalue weighted by Gasteiger charge is 2.35. The van der Waals surface area contributed by atoms with E-state index in [1.807, 2.05) is 0 Å². The molecule has 0 aromatic carbocycles. The minimum Gasteiger partial charge on any atom is -0.477 e. The summed E-state index contributed by atoms with van der Waals surface area (Å²) in [4.78, 5) is 14.6. The Bertz CT molecular complexity index is 652. The molecule has 2 aromatic heterocycles. The first-order valence-corrected chi connectivity index (χ1v) is 5.26. The number of hydrogen-bond acceptors (Lipinski definition) is 4. The van der Waals surface area contributed by atoms with Gasteiger partial charge in [0.15, 0.2) is 5.69 Å². The van der Waals surface area contributed by atoms with E-state index in [0.29, 0.717) is 6.07 Å². The van der Waals surface area contributed by atoms with Crippen LogP contribution in [0.3, 0.4) is 0 Å². The largest absolute Gasteiger partial charge is 0.477 e. The molecule has 0 spiro atoms. The molecule has 0 amide bonds. The van der Waals surface area contributed by atoms with E-state index in [2.05, 4.69) is 10.1 Å². The first-order valence-electron chi connectivity index (χ1n) is 5.26. The molecular weight excluding hydrogens is 279 g/mol. The Morgan fingerprint density at radius 2 is 2.15 bits per heavy atom. The van der Waals surface area contributed by atoms with E-state index in [1.54, 1.807) is 0 Å². The quantitative estimate of drug-likeness (QED) is 0.937. The van der Waals surface area contributed by atoms with Gasteiger partial charge in [0.1, 0.15) is 5.56 Å². The summed E-state index contributed by atoms with van der Waals surface area (Å²) in [5.74, 6) is -1.87. The lowest BCUT2D eigenvalue weighted by Crippen LogP contribution is -2.06. The van der Waals surface area contributed by atoms with Crippen LogP contribution in [0.1, 0.15) is 16.1 Å². The van der Waals surface area contributed by atoms with Crippen LogP contribution in [-0.2, 0) is 13.2 Å². The number of nitrogens with zero attached hydrogens (tertiary/aromatic N) is 3. The van der Waals surface area contributed by atoms with Crippen LogP contribution in [0.25, 0.3) is 0 Å². The van der Waals surface area contributed by atoms with Crippen molar-refractivity contribution in [2.45, 2.75) is 6.18 Å². The lowest BCUT2D eigenvalue weighted by molar-refractivity contribution is -0.141. The van der Waals surface area contributed by atoms with Crippen LogP contribution in [0.5, 0.6) is 11.8 Å². The highest BCUT2D eigenvalue weighted by Crippen LogP contribution is 2.32. The van der Waals surface area contributed by atoms with E-state index in [0.717, 1.165) is 4.68 Å². The second kappa shape index (κ2) is 4.83. The highest BCUT2D eigenvalue weighted by atomic mass is 19.4. The van der Waals surface area contributed by atoms with Crippen LogP contribution in [0.4, 0.5) is 13.2 Å². The van der Waals surface area contributed by atoms with Crippen molar-refractivity contribution in [2.24, 2.45) is 7.05 Å². The van der Waals surface area contributed by atoms with Gasteiger partial charge < -0.3 is 9.84 Å². The molecular formula is C11H8F3N3O3. The minimum absolute atomic E-state index is 0.262. The number of carboxylic acid groups (broad SMARTS) is 1. The van der Waals surface area contributed by atoms with Gasteiger partial charge in [0.05, 0.1) is 0 Å². The van der Waals surface area contributed by atoms with E-state index in [9.17, 15) is 18.0 Å². The molecule has 9 heteroatoms. The molecule has 6 nitrogen and oxygen atoms in total. The Morgan fingerprint density at radius 1 is 1.45 bits per heavy atom. The van der Waals surface area contributed by atoms with Crippen LogP contribution in [0, 0.1) is 0 Å². The lowest BCUT2D eigenvalue weighted by Gasteiger charge is -2.06. The Kier molecular flexibility index (Phi) is 3.35. The zero-order valence-electron chi connectivity index (χ0n) is 10.0. The molecule has 0 saturated carbocycles. The first kappa shape index (κ1) is 13.8. The second-order valence-corrected chi connectivity index (χ2v) is 3.75. The van der Waals surface area contributed by atoms with Crippen molar-refractivity contribution in [1.82, 2.24) is 14.8 Å². The average Bonchev–Trinajstić information content (AvgIpc) is 2.71. The number of aromatic nitrogens is 3. The van der Waals surface area contributed by atoms with Crippen LogP contribution >= 0.6 is 0 Å². The van der Waals surface area contributed by atoms with Gasteiger partial charge in [-0.05, 0) is 12.1 Å². The molecule has 0 fully saturated rings. The zero-order valence-corrected chi connectivity index (χ0v) is 10.0. The zero-order chi connectivity index (χ0) is 14.9. The lowest BCUT2D eigenvalue weighted by atomic mass is 10.3. The number of hydrogen-bond donors (Lipinski definition) is 1. The molecule has 106 valence electrons. The number of pyridine rings is 1. The summed E-state index contributed by atoms with van der Waals surface area (Å²) in [7, 11) is 1.24. The normalized spacial score (nSPS) is 11.4. The Balaban J connectivity index is 2.36. The summed E-state index contributed by atoms with van der Waals surface area (Å²) >= 11 is 0. The van der Waals surface area contributed by atoms with Gasteiger partial charge in [0, 0.05) is 19.3 Å². The fourth-order valence-corrected chi connectivity index (χ4v) is 1.42. The van der Waals surface area contributed by atoms with Crippen molar-refractivity contribution in [3.8, 4) is 11.8 Å². The summed E-state index contributed by atoms with van der Waals surface area (Å²) in [5.41, 5.74) is -1.40.